The first-order valence-corrected chi connectivity index (χ1v) is 5.51. The van der Waals surface area contributed by atoms with Gasteiger partial charge in [-0.15, -0.1) is 0 Å². The number of imidazole rings is 1. The zero-order chi connectivity index (χ0) is 12.5. The molecule has 0 spiro atoms. The van der Waals surface area contributed by atoms with Crippen molar-refractivity contribution >= 4 is 17.3 Å². The lowest BCUT2D eigenvalue weighted by atomic mass is 10.1. The van der Waals surface area contributed by atoms with Gasteiger partial charge in [0.1, 0.15) is 17.9 Å². The van der Waals surface area contributed by atoms with Gasteiger partial charge in [-0.1, -0.05) is 12.1 Å². The SMILES string of the molecule is O=Cc1ccc(O)c(-c2nc3ccccc3[nH]2)c1. The summed E-state index contributed by atoms with van der Waals surface area (Å²) in [6.45, 7) is 0. The van der Waals surface area contributed by atoms with Gasteiger partial charge in [-0.25, -0.2) is 4.98 Å². The van der Waals surface area contributed by atoms with Crippen LogP contribution >= 0.6 is 0 Å². The molecule has 0 unspecified atom stereocenters. The molecular weight excluding hydrogens is 228 g/mol. The fourth-order valence-electron chi connectivity index (χ4n) is 1.90. The van der Waals surface area contributed by atoms with E-state index in [0.29, 0.717) is 17.0 Å². The smallest absolute Gasteiger partial charge is 0.150 e. The highest BCUT2D eigenvalue weighted by atomic mass is 16.3. The molecular formula is C14H10N2O2. The Morgan fingerprint density at radius 1 is 1.17 bits per heavy atom. The van der Waals surface area contributed by atoms with Crippen molar-refractivity contribution in [1.82, 2.24) is 9.97 Å². The maximum absolute atomic E-state index is 10.8. The summed E-state index contributed by atoms with van der Waals surface area (Å²) in [5.41, 5.74) is 2.74. The summed E-state index contributed by atoms with van der Waals surface area (Å²) in [6, 6.07) is 12.3. The van der Waals surface area contributed by atoms with E-state index in [-0.39, 0.29) is 5.75 Å². The molecule has 0 radical (unpaired) electrons. The van der Waals surface area contributed by atoms with Crippen LogP contribution in [0.3, 0.4) is 0 Å². The summed E-state index contributed by atoms with van der Waals surface area (Å²) < 4.78 is 0. The molecule has 0 bridgehead atoms. The highest BCUT2D eigenvalue weighted by molar-refractivity contribution is 5.83. The van der Waals surface area contributed by atoms with Crippen molar-refractivity contribution in [3.05, 3.63) is 48.0 Å². The summed E-state index contributed by atoms with van der Waals surface area (Å²) in [6.07, 6.45) is 0.742. The molecule has 88 valence electrons. The van der Waals surface area contributed by atoms with Crippen LogP contribution in [0.5, 0.6) is 5.75 Å². The minimum Gasteiger partial charge on any atom is -0.507 e. The largest absolute Gasteiger partial charge is 0.507 e. The molecule has 0 aliphatic rings. The maximum atomic E-state index is 10.8. The second-order valence-electron chi connectivity index (χ2n) is 4.00. The summed E-state index contributed by atoms with van der Waals surface area (Å²) in [7, 11) is 0. The fraction of sp³-hybridized carbons (Fsp3) is 0. The van der Waals surface area contributed by atoms with Crippen molar-refractivity contribution in [2.75, 3.05) is 0 Å². The molecule has 0 fully saturated rings. The number of aromatic amines is 1. The number of hydrogen-bond acceptors (Lipinski definition) is 3. The summed E-state index contributed by atoms with van der Waals surface area (Å²) in [4.78, 5) is 18.3. The third kappa shape index (κ3) is 1.64. The van der Waals surface area contributed by atoms with Crippen molar-refractivity contribution in [3.8, 4) is 17.1 Å². The van der Waals surface area contributed by atoms with Crippen molar-refractivity contribution in [2.45, 2.75) is 0 Å². The number of carbonyl (C=O) groups is 1. The Kier molecular flexibility index (Phi) is 2.34. The number of H-pyrrole nitrogens is 1. The van der Waals surface area contributed by atoms with E-state index in [2.05, 4.69) is 9.97 Å². The summed E-state index contributed by atoms with van der Waals surface area (Å²) in [5.74, 6) is 0.650. The summed E-state index contributed by atoms with van der Waals surface area (Å²) in [5, 5.41) is 9.83. The van der Waals surface area contributed by atoms with Crippen LogP contribution in [0.2, 0.25) is 0 Å². The molecule has 0 atom stereocenters. The minimum absolute atomic E-state index is 0.0969. The number of phenolic OH excluding ortho intramolecular Hbond substituents is 1. The predicted molar refractivity (Wildman–Crippen MR) is 68.6 cm³/mol. The molecule has 3 rings (SSSR count). The number of nitrogens with zero attached hydrogens (tertiary/aromatic N) is 1. The van der Waals surface area contributed by atoms with Crippen LogP contribution in [0.4, 0.5) is 0 Å². The van der Waals surface area contributed by atoms with E-state index in [4.69, 9.17) is 0 Å². The number of fused-ring (bicyclic) bond motifs is 1. The molecule has 4 heteroatoms. The van der Waals surface area contributed by atoms with E-state index in [9.17, 15) is 9.90 Å². The number of hydrogen-bond donors (Lipinski definition) is 2. The van der Waals surface area contributed by atoms with E-state index >= 15 is 0 Å². The van der Waals surface area contributed by atoms with Gasteiger partial charge >= 0.3 is 0 Å². The Balaban J connectivity index is 2.21. The van der Waals surface area contributed by atoms with Crippen LogP contribution in [-0.4, -0.2) is 21.4 Å². The number of benzene rings is 2. The highest BCUT2D eigenvalue weighted by Crippen LogP contribution is 2.29. The molecule has 0 saturated carbocycles. The number of aromatic nitrogens is 2. The third-order valence-corrected chi connectivity index (χ3v) is 2.80. The third-order valence-electron chi connectivity index (χ3n) is 2.80. The zero-order valence-corrected chi connectivity index (χ0v) is 9.42. The molecule has 0 amide bonds. The van der Waals surface area contributed by atoms with Crippen LogP contribution in [0, 0.1) is 0 Å². The number of aldehydes is 1. The lowest BCUT2D eigenvalue weighted by molar-refractivity contribution is 0.112. The van der Waals surface area contributed by atoms with Crippen LogP contribution in [0.25, 0.3) is 22.4 Å². The van der Waals surface area contributed by atoms with Gasteiger partial charge in [0.05, 0.1) is 16.6 Å². The van der Waals surface area contributed by atoms with Crippen LogP contribution < -0.4 is 0 Å². The Labute approximate surface area is 103 Å². The molecule has 1 aromatic heterocycles. The van der Waals surface area contributed by atoms with Gasteiger partial charge in [0.15, 0.2) is 0 Å². The molecule has 0 aliphatic heterocycles. The van der Waals surface area contributed by atoms with E-state index in [1.54, 1.807) is 12.1 Å². The molecule has 3 aromatic rings. The van der Waals surface area contributed by atoms with Gasteiger partial charge in [0.25, 0.3) is 0 Å². The number of rotatable bonds is 2. The molecule has 4 nitrogen and oxygen atoms in total. The minimum atomic E-state index is 0.0969. The molecule has 0 aliphatic carbocycles. The molecule has 1 heterocycles. The van der Waals surface area contributed by atoms with Crippen molar-refractivity contribution in [3.63, 3.8) is 0 Å². The van der Waals surface area contributed by atoms with Crippen molar-refractivity contribution < 1.29 is 9.90 Å². The van der Waals surface area contributed by atoms with E-state index in [1.165, 1.54) is 6.07 Å². The highest BCUT2D eigenvalue weighted by Gasteiger charge is 2.10. The zero-order valence-electron chi connectivity index (χ0n) is 9.42. The first-order chi connectivity index (χ1) is 8.78. The number of aromatic hydroxyl groups is 1. The van der Waals surface area contributed by atoms with Crippen LogP contribution in [0.15, 0.2) is 42.5 Å². The number of phenols is 1. The second-order valence-corrected chi connectivity index (χ2v) is 4.00. The lowest BCUT2D eigenvalue weighted by Gasteiger charge is -2.01. The van der Waals surface area contributed by atoms with Crippen LogP contribution in [-0.2, 0) is 0 Å². The molecule has 2 N–H and O–H groups in total. The standard InChI is InChI=1S/C14H10N2O2/c17-8-9-5-6-13(18)10(7-9)14-15-11-3-1-2-4-12(11)16-14/h1-8,18H,(H,15,16). The topological polar surface area (TPSA) is 66.0 Å². The van der Waals surface area contributed by atoms with Gasteiger partial charge in [-0.2, -0.15) is 0 Å². The number of para-hydroxylation sites is 2. The fourth-order valence-corrected chi connectivity index (χ4v) is 1.90. The van der Waals surface area contributed by atoms with E-state index < -0.39 is 0 Å². The Morgan fingerprint density at radius 3 is 2.78 bits per heavy atom. The number of nitrogens with one attached hydrogen (secondary N) is 1. The normalized spacial score (nSPS) is 10.7. The van der Waals surface area contributed by atoms with Gasteiger partial charge in [-0.05, 0) is 30.3 Å². The quantitative estimate of drug-likeness (QED) is 0.674. The predicted octanol–water partition coefficient (Wildman–Crippen LogP) is 2.75. The lowest BCUT2D eigenvalue weighted by Crippen LogP contribution is -1.85. The Hall–Kier alpha value is -2.62. The van der Waals surface area contributed by atoms with Gasteiger partial charge in [-0.3, -0.25) is 4.79 Å². The average molecular weight is 238 g/mol. The molecule has 2 aromatic carbocycles. The molecule has 0 saturated heterocycles. The Bertz CT molecular complexity index is 698. The van der Waals surface area contributed by atoms with Gasteiger partial charge in [0.2, 0.25) is 0 Å². The monoisotopic (exact) mass is 238 g/mol. The van der Waals surface area contributed by atoms with Crippen molar-refractivity contribution in [1.29, 1.82) is 0 Å². The second kappa shape index (κ2) is 4.00. The van der Waals surface area contributed by atoms with Gasteiger partial charge in [0, 0.05) is 5.56 Å². The van der Waals surface area contributed by atoms with Crippen molar-refractivity contribution in [2.24, 2.45) is 0 Å². The van der Waals surface area contributed by atoms with E-state index in [1.807, 2.05) is 24.3 Å². The molecule has 18 heavy (non-hydrogen) atoms. The average Bonchev–Trinajstić information content (AvgIpc) is 2.82. The van der Waals surface area contributed by atoms with E-state index in [0.717, 1.165) is 17.3 Å². The summed E-state index contributed by atoms with van der Waals surface area (Å²) >= 11 is 0. The first kappa shape index (κ1) is 10.5. The van der Waals surface area contributed by atoms with Crippen LogP contribution in [0.1, 0.15) is 10.4 Å². The first-order valence-electron chi connectivity index (χ1n) is 5.51. The van der Waals surface area contributed by atoms with Gasteiger partial charge < -0.3 is 10.1 Å². The maximum Gasteiger partial charge on any atom is 0.150 e. The number of carbonyl (C=O) groups excluding carboxylic acids is 1. The Morgan fingerprint density at radius 2 is 2.00 bits per heavy atom.